The Morgan fingerprint density at radius 2 is 1.87 bits per heavy atom. The number of nitro groups is 1. The van der Waals surface area contributed by atoms with Gasteiger partial charge in [0.15, 0.2) is 6.10 Å². The lowest BCUT2D eigenvalue weighted by Gasteiger charge is -2.16. The van der Waals surface area contributed by atoms with E-state index < -0.39 is 16.9 Å². The Balaban J connectivity index is 1.58. The molecular formula is C22H18N2O6. The Morgan fingerprint density at radius 3 is 2.63 bits per heavy atom. The Morgan fingerprint density at radius 1 is 1.07 bits per heavy atom. The average molecular weight is 406 g/mol. The summed E-state index contributed by atoms with van der Waals surface area (Å²) in [4.78, 5) is 23.0. The standard InChI is InChI=1S/C22H18N2O6/c1-13(29-15-7-5-6-14(10-15)24(26)27)22(25)23-18-12-20-17(11-21(18)28-2)16-8-3-4-9-19(16)30-20/h3-13H,1-2H3,(H,23,25)/t13-/m0/s1. The van der Waals surface area contributed by atoms with Gasteiger partial charge in [-0.1, -0.05) is 24.3 Å². The largest absolute Gasteiger partial charge is 0.495 e. The van der Waals surface area contributed by atoms with E-state index in [9.17, 15) is 14.9 Å². The number of hydrogen-bond acceptors (Lipinski definition) is 6. The topological polar surface area (TPSA) is 104 Å². The predicted molar refractivity (Wildman–Crippen MR) is 112 cm³/mol. The van der Waals surface area contributed by atoms with Crippen molar-refractivity contribution in [2.75, 3.05) is 12.4 Å². The first-order chi connectivity index (χ1) is 14.5. The maximum atomic E-state index is 12.7. The molecule has 0 radical (unpaired) electrons. The second-order valence-electron chi connectivity index (χ2n) is 6.65. The van der Waals surface area contributed by atoms with Crippen molar-refractivity contribution in [1.82, 2.24) is 0 Å². The van der Waals surface area contributed by atoms with Crippen LogP contribution in [0.4, 0.5) is 11.4 Å². The van der Waals surface area contributed by atoms with Crippen molar-refractivity contribution in [2.45, 2.75) is 13.0 Å². The Labute approximate surface area is 171 Å². The van der Waals surface area contributed by atoms with Gasteiger partial charge >= 0.3 is 0 Å². The summed E-state index contributed by atoms with van der Waals surface area (Å²) in [6.45, 7) is 1.56. The molecule has 4 rings (SSSR count). The molecule has 152 valence electrons. The van der Waals surface area contributed by atoms with Crippen LogP contribution >= 0.6 is 0 Å². The van der Waals surface area contributed by atoms with E-state index in [0.717, 1.165) is 16.4 Å². The molecule has 0 aliphatic carbocycles. The number of rotatable bonds is 6. The molecule has 0 saturated heterocycles. The third-order valence-corrected chi connectivity index (χ3v) is 4.67. The number of carbonyl (C=O) groups is 1. The van der Waals surface area contributed by atoms with E-state index in [1.807, 2.05) is 30.3 Å². The lowest BCUT2D eigenvalue weighted by atomic mass is 10.1. The highest BCUT2D eigenvalue weighted by Gasteiger charge is 2.19. The fraction of sp³-hybridized carbons (Fsp3) is 0.136. The molecule has 1 N–H and O–H groups in total. The molecule has 1 atom stereocenters. The average Bonchev–Trinajstić information content (AvgIpc) is 3.10. The van der Waals surface area contributed by atoms with Gasteiger partial charge in [0, 0.05) is 22.9 Å². The van der Waals surface area contributed by atoms with Crippen molar-refractivity contribution in [1.29, 1.82) is 0 Å². The van der Waals surface area contributed by atoms with Crippen LogP contribution in [-0.4, -0.2) is 24.0 Å². The minimum absolute atomic E-state index is 0.114. The lowest BCUT2D eigenvalue weighted by Crippen LogP contribution is -2.30. The molecule has 4 aromatic rings. The maximum Gasteiger partial charge on any atom is 0.273 e. The van der Waals surface area contributed by atoms with Crippen LogP contribution in [0.3, 0.4) is 0 Å². The molecule has 0 saturated carbocycles. The van der Waals surface area contributed by atoms with Crippen LogP contribution in [-0.2, 0) is 4.79 Å². The maximum absolute atomic E-state index is 12.7. The highest BCUT2D eigenvalue weighted by atomic mass is 16.6. The molecule has 1 amide bonds. The number of methoxy groups -OCH3 is 1. The van der Waals surface area contributed by atoms with Gasteiger partial charge in [0.2, 0.25) is 0 Å². The zero-order valence-electron chi connectivity index (χ0n) is 16.2. The van der Waals surface area contributed by atoms with Gasteiger partial charge in [0.1, 0.15) is 22.7 Å². The first-order valence-corrected chi connectivity index (χ1v) is 9.17. The van der Waals surface area contributed by atoms with Gasteiger partial charge < -0.3 is 19.2 Å². The van der Waals surface area contributed by atoms with Crippen LogP contribution in [0.15, 0.2) is 65.1 Å². The highest BCUT2D eigenvalue weighted by Crippen LogP contribution is 2.36. The van der Waals surface area contributed by atoms with Gasteiger partial charge in [-0.2, -0.15) is 0 Å². The molecule has 0 unspecified atom stereocenters. The van der Waals surface area contributed by atoms with E-state index in [1.165, 1.54) is 25.3 Å². The molecule has 1 heterocycles. The van der Waals surface area contributed by atoms with Crippen LogP contribution < -0.4 is 14.8 Å². The van der Waals surface area contributed by atoms with E-state index in [1.54, 1.807) is 19.1 Å². The Bertz CT molecular complexity index is 1260. The predicted octanol–water partition coefficient (Wildman–Crippen LogP) is 4.91. The molecule has 30 heavy (non-hydrogen) atoms. The van der Waals surface area contributed by atoms with E-state index in [0.29, 0.717) is 17.0 Å². The number of non-ortho nitro benzene ring substituents is 1. The molecule has 8 nitrogen and oxygen atoms in total. The van der Waals surface area contributed by atoms with Gasteiger partial charge in [0.25, 0.3) is 11.6 Å². The number of carbonyl (C=O) groups excluding carboxylic acids is 1. The zero-order chi connectivity index (χ0) is 21.3. The van der Waals surface area contributed by atoms with Crippen LogP contribution in [0.2, 0.25) is 0 Å². The number of nitro benzene ring substituents is 1. The Kier molecular flexibility index (Phi) is 4.97. The van der Waals surface area contributed by atoms with Crippen molar-refractivity contribution < 1.29 is 23.6 Å². The number of furan rings is 1. The third kappa shape index (κ3) is 3.62. The fourth-order valence-electron chi connectivity index (χ4n) is 3.18. The van der Waals surface area contributed by atoms with Gasteiger partial charge in [-0.25, -0.2) is 0 Å². The summed E-state index contributed by atoms with van der Waals surface area (Å²) in [6.07, 6.45) is -0.900. The van der Waals surface area contributed by atoms with E-state index in [-0.39, 0.29) is 11.4 Å². The van der Waals surface area contributed by atoms with Gasteiger partial charge in [-0.05, 0) is 25.1 Å². The second-order valence-corrected chi connectivity index (χ2v) is 6.65. The number of amides is 1. The van der Waals surface area contributed by atoms with Crippen LogP contribution in [0.5, 0.6) is 11.5 Å². The lowest BCUT2D eigenvalue weighted by molar-refractivity contribution is -0.384. The molecular weight excluding hydrogens is 388 g/mol. The molecule has 0 aliphatic heterocycles. The SMILES string of the molecule is COc1cc2c(cc1NC(=O)[C@H](C)Oc1cccc([N+](=O)[O-])c1)oc1ccccc12. The summed E-state index contributed by atoms with van der Waals surface area (Å²) in [6, 6.07) is 16.8. The summed E-state index contributed by atoms with van der Waals surface area (Å²) in [5.41, 5.74) is 1.67. The van der Waals surface area contributed by atoms with Crippen molar-refractivity contribution >= 4 is 39.2 Å². The molecule has 8 heteroatoms. The van der Waals surface area contributed by atoms with E-state index >= 15 is 0 Å². The van der Waals surface area contributed by atoms with Gasteiger partial charge in [0.05, 0.1) is 23.8 Å². The Hall–Kier alpha value is -4.07. The number of anilines is 1. The summed E-state index contributed by atoms with van der Waals surface area (Å²) in [7, 11) is 1.52. The molecule has 0 spiro atoms. The number of ether oxygens (including phenoxy) is 2. The van der Waals surface area contributed by atoms with E-state index in [4.69, 9.17) is 13.9 Å². The number of hydrogen-bond donors (Lipinski definition) is 1. The van der Waals surface area contributed by atoms with Crippen molar-refractivity contribution in [3.63, 3.8) is 0 Å². The number of fused-ring (bicyclic) bond motifs is 3. The normalized spacial score (nSPS) is 11.9. The second kappa shape index (κ2) is 7.75. The van der Waals surface area contributed by atoms with Gasteiger partial charge in [-0.15, -0.1) is 0 Å². The first kappa shape index (κ1) is 19.3. The number of nitrogens with one attached hydrogen (secondary N) is 1. The van der Waals surface area contributed by atoms with Crippen molar-refractivity contribution in [3.8, 4) is 11.5 Å². The molecule has 3 aromatic carbocycles. The van der Waals surface area contributed by atoms with Gasteiger partial charge in [-0.3, -0.25) is 14.9 Å². The zero-order valence-corrected chi connectivity index (χ0v) is 16.2. The minimum Gasteiger partial charge on any atom is -0.495 e. The molecule has 1 aromatic heterocycles. The number of para-hydroxylation sites is 1. The van der Waals surface area contributed by atoms with Crippen LogP contribution in [0.25, 0.3) is 21.9 Å². The molecule has 0 fully saturated rings. The van der Waals surface area contributed by atoms with Crippen molar-refractivity contribution in [3.05, 3.63) is 70.8 Å². The van der Waals surface area contributed by atoms with Crippen LogP contribution in [0.1, 0.15) is 6.92 Å². The quantitative estimate of drug-likeness (QED) is 0.360. The summed E-state index contributed by atoms with van der Waals surface area (Å²) < 4.78 is 16.9. The van der Waals surface area contributed by atoms with Crippen molar-refractivity contribution in [2.24, 2.45) is 0 Å². The number of nitrogens with zero attached hydrogens (tertiary/aromatic N) is 1. The molecule has 0 bridgehead atoms. The summed E-state index contributed by atoms with van der Waals surface area (Å²) in [5.74, 6) is 0.270. The van der Waals surface area contributed by atoms with E-state index in [2.05, 4.69) is 5.32 Å². The highest BCUT2D eigenvalue weighted by molar-refractivity contribution is 6.08. The monoisotopic (exact) mass is 406 g/mol. The summed E-state index contributed by atoms with van der Waals surface area (Å²) >= 11 is 0. The first-order valence-electron chi connectivity index (χ1n) is 9.17. The third-order valence-electron chi connectivity index (χ3n) is 4.67. The number of benzene rings is 3. The summed E-state index contributed by atoms with van der Waals surface area (Å²) in [5, 5.41) is 15.5. The molecule has 0 aliphatic rings. The van der Waals surface area contributed by atoms with Crippen LogP contribution in [0, 0.1) is 10.1 Å². The smallest absolute Gasteiger partial charge is 0.273 e. The fourth-order valence-corrected chi connectivity index (χ4v) is 3.18. The minimum atomic E-state index is -0.900.